The number of anilines is 1. The Bertz CT molecular complexity index is 481. The lowest BCUT2D eigenvalue weighted by atomic mass is 10.1. The van der Waals surface area contributed by atoms with Crippen molar-refractivity contribution in [3.05, 3.63) is 23.6 Å². The third-order valence-corrected chi connectivity index (χ3v) is 3.50. The number of carbonyl (C=O) groups excluding carboxylic acids is 1. The van der Waals surface area contributed by atoms with E-state index >= 15 is 0 Å². The smallest absolute Gasteiger partial charge is 0.257 e. The van der Waals surface area contributed by atoms with Crippen LogP contribution in [0.1, 0.15) is 17.3 Å². The summed E-state index contributed by atoms with van der Waals surface area (Å²) in [5, 5.41) is 0. The van der Waals surface area contributed by atoms with Crippen molar-refractivity contribution in [2.45, 2.75) is 13.0 Å². The zero-order valence-corrected chi connectivity index (χ0v) is 11.1. The molecule has 1 aromatic heterocycles. The van der Waals surface area contributed by atoms with Crippen molar-refractivity contribution < 1.29 is 9.18 Å². The van der Waals surface area contributed by atoms with Crippen LogP contribution in [0.15, 0.2) is 12.3 Å². The maximum Gasteiger partial charge on any atom is 0.257 e. The molecular formula is C12H18FN5O. The first kappa shape index (κ1) is 13.7. The Morgan fingerprint density at radius 3 is 2.95 bits per heavy atom. The minimum Gasteiger partial charge on any atom is -0.336 e. The number of piperazine rings is 1. The number of nitrogens with two attached hydrogens (primary N) is 1. The monoisotopic (exact) mass is 267 g/mol. The summed E-state index contributed by atoms with van der Waals surface area (Å²) in [6, 6.07) is 1.64. The highest BCUT2D eigenvalue weighted by Gasteiger charge is 2.27. The molecule has 104 valence electrons. The van der Waals surface area contributed by atoms with Gasteiger partial charge < -0.3 is 15.2 Å². The number of aromatic nitrogens is 1. The molecule has 6 nitrogen and oxygen atoms in total. The van der Waals surface area contributed by atoms with Crippen LogP contribution in [-0.2, 0) is 0 Å². The second-order valence-corrected chi connectivity index (χ2v) is 4.75. The van der Waals surface area contributed by atoms with Gasteiger partial charge in [0.15, 0.2) is 11.6 Å². The standard InChI is InChI=1S/C12H18FN5O/c1-8-7-18(6-5-17(8)2)12(19)9-3-4-15-11(16-14)10(9)13/h3-4,8H,5-7,14H2,1-2H3,(H,15,16). The van der Waals surface area contributed by atoms with Crippen LogP contribution in [0.2, 0.25) is 0 Å². The molecule has 1 amide bonds. The van der Waals surface area contributed by atoms with E-state index in [9.17, 15) is 9.18 Å². The average Bonchev–Trinajstić information content (AvgIpc) is 2.41. The summed E-state index contributed by atoms with van der Waals surface area (Å²) >= 11 is 0. The van der Waals surface area contributed by atoms with E-state index in [4.69, 9.17) is 5.84 Å². The van der Waals surface area contributed by atoms with Crippen molar-refractivity contribution in [3.63, 3.8) is 0 Å². The van der Waals surface area contributed by atoms with Crippen LogP contribution in [0.25, 0.3) is 0 Å². The average molecular weight is 267 g/mol. The lowest BCUT2D eigenvalue weighted by molar-refractivity contribution is 0.0568. The van der Waals surface area contributed by atoms with Crippen LogP contribution >= 0.6 is 0 Å². The van der Waals surface area contributed by atoms with Crippen molar-refractivity contribution in [2.24, 2.45) is 5.84 Å². The largest absolute Gasteiger partial charge is 0.336 e. The fourth-order valence-electron chi connectivity index (χ4n) is 2.11. The number of pyridine rings is 1. The number of halogens is 1. The third-order valence-electron chi connectivity index (χ3n) is 3.50. The number of carbonyl (C=O) groups is 1. The Morgan fingerprint density at radius 1 is 1.58 bits per heavy atom. The number of hydrogen-bond acceptors (Lipinski definition) is 5. The number of hydrogen-bond donors (Lipinski definition) is 2. The van der Waals surface area contributed by atoms with Gasteiger partial charge in [0.1, 0.15) is 0 Å². The first-order valence-corrected chi connectivity index (χ1v) is 6.15. The fourth-order valence-corrected chi connectivity index (χ4v) is 2.11. The molecule has 1 fully saturated rings. The summed E-state index contributed by atoms with van der Waals surface area (Å²) in [7, 11) is 2.01. The van der Waals surface area contributed by atoms with Crippen LogP contribution in [-0.4, -0.2) is 53.4 Å². The summed E-state index contributed by atoms with van der Waals surface area (Å²) in [6.45, 7) is 3.99. The van der Waals surface area contributed by atoms with Crippen LogP contribution in [0.4, 0.5) is 10.2 Å². The summed E-state index contributed by atoms with van der Waals surface area (Å²) in [5.41, 5.74) is 2.14. The molecule has 19 heavy (non-hydrogen) atoms. The quantitative estimate of drug-likeness (QED) is 0.595. The van der Waals surface area contributed by atoms with Crippen LogP contribution < -0.4 is 11.3 Å². The topological polar surface area (TPSA) is 74.5 Å². The summed E-state index contributed by atoms with van der Waals surface area (Å²) in [6.07, 6.45) is 1.37. The lowest BCUT2D eigenvalue weighted by Gasteiger charge is -2.37. The third kappa shape index (κ3) is 2.66. The van der Waals surface area contributed by atoms with E-state index in [-0.39, 0.29) is 23.3 Å². The fraction of sp³-hybridized carbons (Fsp3) is 0.500. The van der Waals surface area contributed by atoms with Gasteiger partial charge in [-0.25, -0.2) is 15.2 Å². The molecule has 1 aliphatic rings. The van der Waals surface area contributed by atoms with E-state index in [1.165, 1.54) is 12.3 Å². The van der Waals surface area contributed by atoms with E-state index < -0.39 is 5.82 Å². The molecule has 1 unspecified atom stereocenters. The van der Waals surface area contributed by atoms with Crippen molar-refractivity contribution in [3.8, 4) is 0 Å². The maximum atomic E-state index is 14.0. The summed E-state index contributed by atoms with van der Waals surface area (Å²) < 4.78 is 14.0. The minimum absolute atomic E-state index is 0.000275. The zero-order valence-electron chi connectivity index (χ0n) is 11.1. The first-order valence-electron chi connectivity index (χ1n) is 6.15. The Morgan fingerprint density at radius 2 is 2.32 bits per heavy atom. The Kier molecular flexibility index (Phi) is 3.96. The molecular weight excluding hydrogens is 249 g/mol. The van der Waals surface area contributed by atoms with Gasteiger partial charge in [0, 0.05) is 31.9 Å². The maximum absolute atomic E-state index is 14.0. The highest BCUT2D eigenvalue weighted by molar-refractivity contribution is 5.95. The van der Waals surface area contributed by atoms with Crippen molar-refractivity contribution in [1.29, 1.82) is 0 Å². The van der Waals surface area contributed by atoms with E-state index in [0.717, 1.165) is 6.54 Å². The Labute approximate surface area is 111 Å². The van der Waals surface area contributed by atoms with Gasteiger partial charge in [-0.1, -0.05) is 0 Å². The second-order valence-electron chi connectivity index (χ2n) is 4.75. The van der Waals surface area contributed by atoms with Gasteiger partial charge in [-0.15, -0.1) is 0 Å². The van der Waals surface area contributed by atoms with Gasteiger partial charge in [-0.2, -0.15) is 0 Å². The Hall–Kier alpha value is -1.73. The molecule has 0 aromatic carbocycles. The van der Waals surface area contributed by atoms with E-state index in [1.807, 2.05) is 14.0 Å². The molecule has 7 heteroatoms. The molecule has 0 spiro atoms. The molecule has 0 aliphatic carbocycles. The SMILES string of the molecule is CC1CN(C(=O)c2ccnc(NN)c2F)CCN1C. The number of amides is 1. The van der Waals surface area contributed by atoms with Crippen LogP contribution in [0, 0.1) is 5.82 Å². The first-order chi connectivity index (χ1) is 9.04. The molecule has 2 heterocycles. The summed E-state index contributed by atoms with van der Waals surface area (Å²) in [4.78, 5) is 19.9. The lowest BCUT2D eigenvalue weighted by Crippen LogP contribution is -2.52. The van der Waals surface area contributed by atoms with Crippen molar-refractivity contribution in [1.82, 2.24) is 14.8 Å². The Balaban J connectivity index is 2.20. The van der Waals surface area contributed by atoms with E-state index in [0.29, 0.717) is 13.1 Å². The number of nitrogens with one attached hydrogen (secondary N) is 1. The van der Waals surface area contributed by atoms with Gasteiger partial charge >= 0.3 is 0 Å². The summed E-state index contributed by atoms with van der Waals surface area (Å²) in [5.74, 6) is 4.01. The number of nitrogen functional groups attached to an aromatic ring is 1. The van der Waals surface area contributed by atoms with Crippen LogP contribution in [0.3, 0.4) is 0 Å². The van der Waals surface area contributed by atoms with E-state index in [2.05, 4.69) is 15.3 Å². The minimum atomic E-state index is -0.707. The van der Waals surface area contributed by atoms with E-state index in [1.54, 1.807) is 4.90 Å². The van der Waals surface area contributed by atoms with Gasteiger partial charge in [0.25, 0.3) is 5.91 Å². The predicted octanol–water partition coefficient (Wildman–Crippen LogP) is 0.282. The molecule has 3 N–H and O–H groups in total. The van der Waals surface area contributed by atoms with Gasteiger partial charge in [-0.05, 0) is 20.0 Å². The molecule has 0 saturated carbocycles. The molecule has 1 aromatic rings. The predicted molar refractivity (Wildman–Crippen MR) is 70.0 cm³/mol. The molecule has 1 atom stereocenters. The second kappa shape index (κ2) is 5.50. The number of likely N-dealkylation sites (N-methyl/N-ethyl adjacent to an activating group) is 1. The highest BCUT2D eigenvalue weighted by atomic mass is 19.1. The van der Waals surface area contributed by atoms with Gasteiger partial charge in [-0.3, -0.25) is 4.79 Å². The van der Waals surface area contributed by atoms with Crippen LogP contribution in [0.5, 0.6) is 0 Å². The number of nitrogens with zero attached hydrogens (tertiary/aromatic N) is 3. The van der Waals surface area contributed by atoms with Crippen molar-refractivity contribution >= 4 is 11.7 Å². The van der Waals surface area contributed by atoms with Gasteiger partial charge in [0.05, 0.1) is 5.56 Å². The molecule has 1 saturated heterocycles. The van der Waals surface area contributed by atoms with Gasteiger partial charge in [0.2, 0.25) is 0 Å². The molecule has 2 rings (SSSR count). The van der Waals surface area contributed by atoms with Crippen molar-refractivity contribution in [2.75, 3.05) is 32.1 Å². The molecule has 0 bridgehead atoms. The molecule has 0 radical (unpaired) electrons. The molecule has 1 aliphatic heterocycles. The normalized spacial score (nSPS) is 20.4. The number of rotatable bonds is 2. The number of hydrazine groups is 1. The highest BCUT2D eigenvalue weighted by Crippen LogP contribution is 2.18. The zero-order chi connectivity index (χ0) is 14.0.